The second-order valence-corrected chi connectivity index (χ2v) is 7.18. The molecule has 0 aliphatic heterocycles. The smallest absolute Gasteiger partial charge is 0.224 e. The molecule has 1 N–H and O–H groups in total. The highest BCUT2D eigenvalue weighted by Gasteiger charge is 2.13. The van der Waals surface area contributed by atoms with Crippen molar-refractivity contribution in [2.45, 2.75) is 33.6 Å². The van der Waals surface area contributed by atoms with Crippen LogP contribution < -0.4 is 5.32 Å². The maximum Gasteiger partial charge on any atom is 0.224 e. The van der Waals surface area contributed by atoms with E-state index in [0.717, 1.165) is 22.6 Å². The summed E-state index contributed by atoms with van der Waals surface area (Å²) >= 11 is 12.1. The second kappa shape index (κ2) is 8.11. The number of hydrogen-bond donors (Lipinski definition) is 1. The molecule has 1 aromatic carbocycles. The van der Waals surface area contributed by atoms with E-state index in [-0.39, 0.29) is 12.3 Å². The lowest BCUT2D eigenvalue weighted by Gasteiger charge is -2.11. The van der Waals surface area contributed by atoms with Gasteiger partial charge in [-0.05, 0) is 50.6 Å². The van der Waals surface area contributed by atoms with Crippen LogP contribution in [0, 0.1) is 20.8 Å². The zero-order valence-corrected chi connectivity index (χ0v) is 16.8. The van der Waals surface area contributed by atoms with Crippen molar-refractivity contribution in [2.75, 3.05) is 5.32 Å². The van der Waals surface area contributed by atoms with E-state index in [4.69, 9.17) is 27.6 Å². The molecule has 2 aromatic heterocycles. The third kappa shape index (κ3) is 4.67. The number of pyridine rings is 1. The lowest BCUT2D eigenvalue weighted by atomic mass is 10.1. The van der Waals surface area contributed by atoms with Crippen LogP contribution >= 0.6 is 23.2 Å². The van der Waals surface area contributed by atoms with Gasteiger partial charge in [0.2, 0.25) is 5.91 Å². The van der Waals surface area contributed by atoms with Crippen LogP contribution in [0.15, 0.2) is 34.9 Å². The molecule has 0 bridgehead atoms. The van der Waals surface area contributed by atoms with Crippen molar-refractivity contribution in [3.05, 3.63) is 63.3 Å². The first kappa shape index (κ1) is 19.4. The van der Waals surface area contributed by atoms with Crippen molar-refractivity contribution in [1.82, 2.24) is 9.97 Å². The van der Waals surface area contributed by atoms with Gasteiger partial charge in [-0.15, -0.1) is 0 Å². The molecule has 0 radical (unpaired) electrons. The molecule has 0 aliphatic rings. The van der Waals surface area contributed by atoms with E-state index >= 15 is 0 Å². The topological polar surface area (TPSA) is 68.0 Å². The Morgan fingerprint density at radius 1 is 1.19 bits per heavy atom. The Bertz CT molecular complexity index is 976. The molecule has 0 aliphatic carbocycles. The highest BCUT2D eigenvalue weighted by atomic mass is 35.5. The fraction of sp³-hybridized carbons (Fsp3) is 0.250. The van der Waals surface area contributed by atoms with Gasteiger partial charge < -0.3 is 9.73 Å². The molecule has 1 amide bonds. The van der Waals surface area contributed by atoms with Gasteiger partial charge in [0, 0.05) is 29.1 Å². The maximum absolute atomic E-state index is 12.3. The lowest BCUT2D eigenvalue weighted by Crippen LogP contribution is -2.15. The van der Waals surface area contributed by atoms with Gasteiger partial charge in [-0.3, -0.25) is 9.78 Å². The molecule has 3 rings (SSSR count). The summed E-state index contributed by atoms with van der Waals surface area (Å²) in [5.41, 5.74) is 4.19. The van der Waals surface area contributed by atoms with Gasteiger partial charge in [0.05, 0.1) is 22.6 Å². The Labute approximate surface area is 167 Å². The van der Waals surface area contributed by atoms with Crippen molar-refractivity contribution in [2.24, 2.45) is 0 Å². The predicted octanol–water partition coefficient (Wildman–Crippen LogP) is 5.54. The molecular formula is C20H19Cl2N3O2. The van der Waals surface area contributed by atoms with Crippen molar-refractivity contribution in [3.8, 4) is 11.3 Å². The molecule has 0 atom stereocenters. The van der Waals surface area contributed by atoms with E-state index in [1.54, 1.807) is 24.4 Å². The summed E-state index contributed by atoms with van der Waals surface area (Å²) in [5.74, 6) is 0.902. The number of halogens is 2. The Balaban J connectivity index is 1.64. The largest absolute Gasteiger partial charge is 0.441 e. The zero-order chi connectivity index (χ0) is 19.6. The standard InChI is InChI=1S/C20H19Cl2N3O2/c1-11-8-12(2)24-13(3)20(11)25-18(26)6-7-19-23-10-17(27-19)15-5-4-14(21)9-16(15)22/h4-5,8-10H,6-7H2,1-3H3,(H,25,26). The molecule has 3 aromatic rings. The first-order valence-electron chi connectivity index (χ1n) is 8.48. The highest BCUT2D eigenvalue weighted by molar-refractivity contribution is 6.36. The monoisotopic (exact) mass is 403 g/mol. The van der Waals surface area contributed by atoms with Crippen molar-refractivity contribution >= 4 is 34.8 Å². The second-order valence-electron chi connectivity index (χ2n) is 6.33. The van der Waals surface area contributed by atoms with Crippen molar-refractivity contribution in [3.63, 3.8) is 0 Å². The summed E-state index contributed by atoms with van der Waals surface area (Å²) in [4.78, 5) is 20.9. The van der Waals surface area contributed by atoms with E-state index in [9.17, 15) is 4.79 Å². The fourth-order valence-corrected chi connectivity index (χ4v) is 3.38. The van der Waals surface area contributed by atoms with Crippen LogP contribution in [0.5, 0.6) is 0 Å². The fourth-order valence-electron chi connectivity index (χ4n) is 2.87. The van der Waals surface area contributed by atoms with E-state index in [2.05, 4.69) is 15.3 Å². The number of hydrogen-bond acceptors (Lipinski definition) is 4. The van der Waals surface area contributed by atoms with Crippen LogP contribution in [0.1, 0.15) is 29.3 Å². The highest BCUT2D eigenvalue weighted by Crippen LogP contribution is 2.31. The molecule has 140 valence electrons. The normalized spacial score (nSPS) is 10.9. The van der Waals surface area contributed by atoms with E-state index in [0.29, 0.717) is 33.7 Å². The van der Waals surface area contributed by atoms with E-state index in [1.165, 1.54) is 0 Å². The Hall–Kier alpha value is -2.37. The Morgan fingerprint density at radius 2 is 1.96 bits per heavy atom. The minimum absolute atomic E-state index is 0.115. The average molecular weight is 404 g/mol. The maximum atomic E-state index is 12.3. The molecular weight excluding hydrogens is 385 g/mol. The predicted molar refractivity (Wildman–Crippen MR) is 107 cm³/mol. The number of benzene rings is 1. The van der Waals surface area contributed by atoms with Gasteiger partial charge in [0.1, 0.15) is 0 Å². The quantitative estimate of drug-likeness (QED) is 0.606. The number of rotatable bonds is 5. The number of oxazole rings is 1. The zero-order valence-electron chi connectivity index (χ0n) is 15.3. The average Bonchev–Trinajstić information content (AvgIpc) is 3.05. The lowest BCUT2D eigenvalue weighted by molar-refractivity contribution is -0.116. The molecule has 7 heteroatoms. The minimum Gasteiger partial charge on any atom is -0.441 e. The number of amides is 1. The first-order valence-corrected chi connectivity index (χ1v) is 9.24. The van der Waals surface area contributed by atoms with Gasteiger partial charge >= 0.3 is 0 Å². The van der Waals surface area contributed by atoms with Crippen LogP contribution in [0.2, 0.25) is 10.0 Å². The van der Waals surface area contributed by atoms with Crippen LogP contribution in [0.3, 0.4) is 0 Å². The van der Waals surface area contributed by atoms with E-state index < -0.39 is 0 Å². The van der Waals surface area contributed by atoms with Gasteiger partial charge in [0.15, 0.2) is 11.7 Å². The molecule has 0 saturated carbocycles. The molecule has 0 spiro atoms. The first-order chi connectivity index (χ1) is 12.8. The van der Waals surface area contributed by atoms with E-state index in [1.807, 2.05) is 26.8 Å². The summed E-state index contributed by atoms with van der Waals surface area (Å²) in [6, 6.07) is 7.10. The SMILES string of the molecule is Cc1cc(C)c(NC(=O)CCc2ncc(-c3ccc(Cl)cc3Cl)o2)c(C)n1. The van der Waals surface area contributed by atoms with Gasteiger partial charge in [-0.2, -0.15) is 0 Å². The third-order valence-electron chi connectivity index (χ3n) is 4.11. The van der Waals surface area contributed by atoms with Gasteiger partial charge in [-0.1, -0.05) is 23.2 Å². The number of nitrogens with zero attached hydrogens (tertiary/aromatic N) is 2. The third-order valence-corrected chi connectivity index (χ3v) is 4.65. The molecule has 2 heterocycles. The molecule has 0 unspecified atom stereocenters. The molecule has 5 nitrogen and oxygen atoms in total. The van der Waals surface area contributed by atoms with Crippen LogP contribution in [0.25, 0.3) is 11.3 Å². The summed E-state index contributed by atoms with van der Waals surface area (Å²) < 4.78 is 5.72. The van der Waals surface area contributed by atoms with Crippen LogP contribution in [-0.4, -0.2) is 15.9 Å². The number of anilines is 1. The minimum atomic E-state index is -0.115. The summed E-state index contributed by atoms with van der Waals surface area (Å²) in [5, 5.41) is 3.96. The molecule has 0 saturated heterocycles. The Morgan fingerprint density at radius 3 is 2.67 bits per heavy atom. The van der Waals surface area contributed by atoms with Crippen molar-refractivity contribution < 1.29 is 9.21 Å². The number of aryl methyl sites for hydroxylation is 4. The van der Waals surface area contributed by atoms with Gasteiger partial charge in [-0.25, -0.2) is 4.98 Å². The Kier molecular flexibility index (Phi) is 5.82. The molecule has 27 heavy (non-hydrogen) atoms. The van der Waals surface area contributed by atoms with Crippen LogP contribution in [-0.2, 0) is 11.2 Å². The summed E-state index contributed by atoms with van der Waals surface area (Å²) in [6.07, 6.45) is 2.23. The van der Waals surface area contributed by atoms with Gasteiger partial charge in [0.25, 0.3) is 0 Å². The van der Waals surface area contributed by atoms with Crippen molar-refractivity contribution in [1.29, 1.82) is 0 Å². The number of carbonyl (C=O) groups is 1. The summed E-state index contributed by atoms with van der Waals surface area (Å²) in [7, 11) is 0. The molecule has 0 fully saturated rings. The van der Waals surface area contributed by atoms with Crippen LogP contribution in [0.4, 0.5) is 5.69 Å². The number of aromatic nitrogens is 2. The summed E-state index contributed by atoms with van der Waals surface area (Å²) in [6.45, 7) is 5.76. The number of carbonyl (C=O) groups excluding carboxylic acids is 1. The number of nitrogens with one attached hydrogen (secondary N) is 1.